The van der Waals surface area contributed by atoms with E-state index in [-0.39, 0.29) is 12.4 Å². The quantitative estimate of drug-likeness (QED) is 0.0446. The van der Waals surface area contributed by atoms with Gasteiger partial charge in [0.2, 0.25) is 0 Å². The Morgan fingerprint density at radius 2 is 1.34 bits per heavy atom. The first-order valence-electron chi connectivity index (χ1n) is 14.4. The molecule has 0 unspecified atom stereocenters. The van der Waals surface area contributed by atoms with E-state index in [0.29, 0.717) is 6.54 Å². The molecule has 2 rings (SSSR count). The number of rotatable bonds is 24. The van der Waals surface area contributed by atoms with Gasteiger partial charge in [0.25, 0.3) is 0 Å². The summed E-state index contributed by atoms with van der Waals surface area (Å²) in [5.41, 5.74) is 10.9. The number of halogens is 1. The molecular formula is C30H49ClN5O2+. The van der Waals surface area contributed by atoms with E-state index >= 15 is 0 Å². The Morgan fingerprint density at radius 3 is 2.03 bits per heavy atom. The average Bonchev–Trinajstić information content (AvgIpc) is 2.93. The van der Waals surface area contributed by atoms with Crippen LogP contribution in [0.4, 0.5) is 0 Å². The first-order valence-corrected chi connectivity index (χ1v) is 14.4. The molecule has 0 aromatic carbocycles. The highest BCUT2D eigenvalue weighted by Gasteiger charge is 2.03. The van der Waals surface area contributed by atoms with Gasteiger partial charge < -0.3 is 9.47 Å². The van der Waals surface area contributed by atoms with Crippen molar-refractivity contribution in [2.45, 2.75) is 96.4 Å². The largest absolute Gasteiger partial charge is 0.381 e. The van der Waals surface area contributed by atoms with Gasteiger partial charge in [-0.25, -0.2) is 4.57 Å². The van der Waals surface area contributed by atoms with Crippen LogP contribution in [0.5, 0.6) is 0 Å². The minimum absolute atomic E-state index is 0. The van der Waals surface area contributed by atoms with Gasteiger partial charge in [-0.1, -0.05) is 43.3 Å². The van der Waals surface area contributed by atoms with Crippen LogP contribution in [0.15, 0.2) is 54.2 Å². The standard InChI is InChI=1S/C30H48N5O2.ClH/c31-34-33-20-7-3-6-10-24-37-26-14-18-30-16-12-22-35(28-30)21-8-4-1-2-5-9-23-36-25-13-17-29-15-11-19-32-27-29;/h11-12,15-16,19,22,27-28H,1-10,13-14,17-18,20-21,23-26H2;1H/q+1;. The smallest absolute Gasteiger partial charge is 0.171 e. The predicted molar refractivity (Wildman–Crippen MR) is 157 cm³/mol. The summed E-state index contributed by atoms with van der Waals surface area (Å²) in [5, 5.41) is 3.56. The van der Waals surface area contributed by atoms with Gasteiger partial charge in [0.1, 0.15) is 6.54 Å². The van der Waals surface area contributed by atoms with Gasteiger partial charge in [0.05, 0.1) is 0 Å². The second kappa shape index (κ2) is 25.1. The molecule has 0 aliphatic heterocycles. The topological polar surface area (TPSA) is 84.0 Å². The molecule has 38 heavy (non-hydrogen) atoms. The van der Waals surface area contributed by atoms with Crippen LogP contribution >= 0.6 is 12.4 Å². The second-order valence-corrected chi connectivity index (χ2v) is 9.73. The highest BCUT2D eigenvalue weighted by Crippen LogP contribution is 2.07. The highest BCUT2D eigenvalue weighted by molar-refractivity contribution is 5.85. The molecule has 2 heterocycles. The third kappa shape index (κ3) is 19.0. The second-order valence-electron chi connectivity index (χ2n) is 9.73. The summed E-state index contributed by atoms with van der Waals surface area (Å²) >= 11 is 0. The van der Waals surface area contributed by atoms with Crippen molar-refractivity contribution in [1.29, 1.82) is 0 Å². The molecule has 0 aliphatic carbocycles. The lowest BCUT2D eigenvalue weighted by molar-refractivity contribution is -0.697. The maximum atomic E-state index is 8.25. The first kappa shape index (κ1) is 33.8. The van der Waals surface area contributed by atoms with Crippen molar-refractivity contribution in [3.8, 4) is 0 Å². The molecule has 0 amide bonds. The Hall–Kier alpha value is -2.18. The summed E-state index contributed by atoms with van der Waals surface area (Å²) in [4.78, 5) is 6.93. The fraction of sp³-hybridized carbons (Fsp3) is 0.667. The minimum atomic E-state index is 0. The Bertz CT molecular complexity index is 850. The normalized spacial score (nSPS) is 10.6. The molecule has 0 aliphatic rings. The number of nitrogens with zero attached hydrogens (tertiary/aromatic N) is 5. The van der Waals surface area contributed by atoms with Crippen molar-refractivity contribution >= 4 is 12.4 Å². The molecule has 0 bridgehead atoms. The number of hydrogen-bond donors (Lipinski definition) is 0. The number of hydrogen-bond acceptors (Lipinski definition) is 4. The molecule has 0 atom stereocenters. The third-order valence-corrected chi connectivity index (χ3v) is 6.47. The molecule has 0 radical (unpaired) electrons. The van der Waals surface area contributed by atoms with E-state index in [4.69, 9.17) is 15.0 Å². The summed E-state index contributed by atoms with van der Waals surface area (Å²) in [7, 11) is 0. The van der Waals surface area contributed by atoms with Crippen molar-refractivity contribution < 1.29 is 14.0 Å². The number of pyridine rings is 2. The SMILES string of the molecule is Cl.[N-]=[N+]=NCCCCCCOCCCc1ccc[n+](CCCCCCCCOCCCc2cccnc2)c1. The van der Waals surface area contributed by atoms with Gasteiger partial charge in [-0.05, 0) is 74.6 Å². The van der Waals surface area contributed by atoms with Crippen molar-refractivity contribution in [2.24, 2.45) is 5.11 Å². The first-order chi connectivity index (χ1) is 18.4. The van der Waals surface area contributed by atoms with Crippen LogP contribution in [0.3, 0.4) is 0 Å². The highest BCUT2D eigenvalue weighted by atomic mass is 35.5. The van der Waals surface area contributed by atoms with E-state index in [0.717, 1.165) is 84.3 Å². The van der Waals surface area contributed by atoms with Crippen molar-refractivity contribution in [3.05, 3.63) is 70.6 Å². The summed E-state index contributed by atoms with van der Waals surface area (Å²) in [6, 6.07) is 8.52. The van der Waals surface area contributed by atoms with Crippen molar-refractivity contribution in [2.75, 3.05) is 33.0 Å². The zero-order valence-corrected chi connectivity index (χ0v) is 24.0. The molecule has 212 valence electrons. The van der Waals surface area contributed by atoms with Gasteiger partial charge in [0.15, 0.2) is 12.4 Å². The molecule has 0 saturated heterocycles. The lowest BCUT2D eigenvalue weighted by atomic mass is 10.1. The molecule has 0 spiro atoms. The van der Waals surface area contributed by atoms with Gasteiger partial charge in [-0.15, -0.1) is 12.4 Å². The lowest BCUT2D eigenvalue weighted by Gasteiger charge is -2.05. The molecule has 2 aromatic rings. The van der Waals surface area contributed by atoms with E-state index in [1.165, 1.54) is 49.7 Å². The number of ether oxygens (including phenoxy) is 2. The fourth-order valence-corrected chi connectivity index (χ4v) is 4.36. The zero-order valence-electron chi connectivity index (χ0n) is 23.2. The predicted octanol–water partition coefficient (Wildman–Crippen LogP) is 7.60. The number of azide groups is 1. The lowest BCUT2D eigenvalue weighted by Crippen LogP contribution is -2.33. The Labute approximate surface area is 236 Å². The van der Waals surface area contributed by atoms with Crippen LogP contribution in [-0.4, -0.2) is 38.0 Å². The third-order valence-electron chi connectivity index (χ3n) is 6.47. The van der Waals surface area contributed by atoms with Crippen LogP contribution in [0, 0.1) is 0 Å². The molecule has 0 N–H and O–H groups in total. The van der Waals surface area contributed by atoms with E-state index in [1.807, 2.05) is 18.5 Å². The number of aromatic nitrogens is 2. The van der Waals surface area contributed by atoms with Crippen LogP contribution in [0.25, 0.3) is 10.4 Å². The maximum absolute atomic E-state index is 8.25. The summed E-state index contributed by atoms with van der Waals surface area (Å²) in [5.74, 6) is 0. The van der Waals surface area contributed by atoms with Crippen LogP contribution in [0.1, 0.15) is 88.2 Å². The molecule has 7 nitrogen and oxygen atoms in total. The van der Waals surface area contributed by atoms with Crippen LogP contribution in [0.2, 0.25) is 0 Å². The Balaban J connectivity index is 0.00000722. The van der Waals surface area contributed by atoms with Gasteiger partial charge in [0, 0.05) is 68.3 Å². The summed E-state index contributed by atoms with van der Waals surface area (Å²) in [6.07, 6.45) is 24.4. The van der Waals surface area contributed by atoms with E-state index in [9.17, 15) is 0 Å². The number of unbranched alkanes of at least 4 members (excludes halogenated alkanes) is 8. The molecule has 2 aromatic heterocycles. The van der Waals surface area contributed by atoms with Crippen molar-refractivity contribution in [1.82, 2.24) is 4.98 Å². The fourth-order valence-electron chi connectivity index (χ4n) is 4.36. The van der Waals surface area contributed by atoms with Crippen LogP contribution in [-0.2, 0) is 28.9 Å². The van der Waals surface area contributed by atoms with E-state index < -0.39 is 0 Å². The Morgan fingerprint density at radius 1 is 0.737 bits per heavy atom. The molecule has 8 heteroatoms. The summed E-state index contributed by atoms with van der Waals surface area (Å²) < 4.78 is 13.9. The molecule has 0 fully saturated rings. The maximum Gasteiger partial charge on any atom is 0.171 e. The molecule has 0 saturated carbocycles. The minimum Gasteiger partial charge on any atom is -0.381 e. The Kier molecular flexibility index (Phi) is 22.4. The van der Waals surface area contributed by atoms with Gasteiger partial charge in [-0.3, -0.25) is 4.98 Å². The van der Waals surface area contributed by atoms with Crippen molar-refractivity contribution in [3.63, 3.8) is 0 Å². The van der Waals surface area contributed by atoms with Crippen LogP contribution < -0.4 is 4.57 Å². The van der Waals surface area contributed by atoms with Gasteiger partial charge in [-0.2, -0.15) is 0 Å². The zero-order chi connectivity index (χ0) is 26.1. The van der Waals surface area contributed by atoms with Gasteiger partial charge >= 0.3 is 0 Å². The molecular weight excluding hydrogens is 498 g/mol. The van der Waals surface area contributed by atoms with E-state index in [1.54, 1.807) is 0 Å². The van der Waals surface area contributed by atoms with E-state index in [2.05, 4.69) is 50.2 Å². The monoisotopic (exact) mass is 546 g/mol. The summed E-state index contributed by atoms with van der Waals surface area (Å²) in [6.45, 7) is 5.10. The average molecular weight is 547 g/mol. The number of aryl methyl sites for hydroxylation is 3.